The quantitative estimate of drug-likeness (QED) is 0.866. The van der Waals surface area contributed by atoms with E-state index < -0.39 is 5.60 Å². The van der Waals surface area contributed by atoms with Crippen molar-refractivity contribution in [3.63, 3.8) is 0 Å². The number of carbonyl (C=O) groups is 1. The van der Waals surface area contributed by atoms with E-state index in [0.717, 1.165) is 4.60 Å². The molecule has 5 heteroatoms. The minimum absolute atomic E-state index is 0.165. The lowest BCUT2D eigenvalue weighted by Crippen LogP contribution is -2.41. The number of methoxy groups -OCH3 is 1. The minimum Gasteiger partial charge on any atom is -0.369 e. The van der Waals surface area contributed by atoms with E-state index in [1.54, 1.807) is 25.3 Å². The zero-order chi connectivity index (χ0) is 12.2. The molecule has 1 atom stereocenters. The van der Waals surface area contributed by atoms with Gasteiger partial charge >= 0.3 is 0 Å². The van der Waals surface area contributed by atoms with Crippen LogP contribution in [0.2, 0.25) is 0 Å². The van der Waals surface area contributed by atoms with Crippen molar-refractivity contribution in [3.8, 4) is 0 Å². The maximum Gasteiger partial charge on any atom is 0.256 e. The molecule has 0 aliphatic heterocycles. The molecule has 1 rings (SSSR count). The smallest absolute Gasteiger partial charge is 0.256 e. The van der Waals surface area contributed by atoms with Crippen molar-refractivity contribution < 1.29 is 9.53 Å². The van der Waals surface area contributed by atoms with Gasteiger partial charge in [-0.3, -0.25) is 4.79 Å². The highest BCUT2D eigenvalue weighted by Gasteiger charge is 2.30. The van der Waals surface area contributed by atoms with Gasteiger partial charge < -0.3 is 10.1 Å². The number of hydrogen-bond acceptors (Lipinski definition) is 3. The third-order valence-corrected chi connectivity index (χ3v) is 3.06. The van der Waals surface area contributed by atoms with Gasteiger partial charge in [-0.05, 0) is 41.4 Å². The van der Waals surface area contributed by atoms with E-state index >= 15 is 0 Å². The van der Waals surface area contributed by atoms with Crippen molar-refractivity contribution in [2.45, 2.75) is 25.9 Å². The van der Waals surface area contributed by atoms with E-state index in [4.69, 9.17) is 4.74 Å². The Morgan fingerprint density at radius 1 is 1.62 bits per heavy atom. The molecule has 0 spiro atoms. The molecule has 0 saturated carbocycles. The van der Waals surface area contributed by atoms with Gasteiger partial charge in [0.25, 0.3) is 5.91 Å². The summed E-state index contributed by atoms with van der Waals surface area (Å²) in [7, 11) is 1.53. The predicted octanol–water partition coefficient (Wildman–Crippen LogP) is 2.60. The fourth-order valence-corrected chi connectivity index (χ4v) is 1.35. The van der Waals surface area contributed by atoms with Crippen LogP contribution in [0.5, 0.6) is 0 Å². The van der Waals surface area contributed by atoms with Crippen LogP contribution in [0.15, 0.2) is 22.9 Å². The summed E-state index contributed by atoms with van der Waals surface area (Å²) >= 11 is 3.23. The first-order chi connectivity index (χ1) is 7.51. The summed E-state index contributed by atoms with van der Waals surface area (Å²) in [5.41, 5.74) is -0.141. The highest BCUT2D eigenvalue weighted by Crippen LogP contribution is 2.18. The lowest BCUT2D eigenvalue weighted by atomic mass is 10.0. The van der Waals surface area contributed by atoms with Gasteiger partial charge in [0.1, 0.15) is 10.2 Å². The molecule has 1 unspecified atom stereocenters. The first-order valence-corrected chi connectivity index (χ1v) is 5.79. The van der Waals surface area contributed by atoms with Gasteiger partial charge in [0.2, 0.25) is 0 Å². The number of rotatable bonds is 4. The molecule has 0 aromatic carbocycles. The van der Waals surface area contributed by atoms with E-state index in [1.165, 1.54) is 7.11 Å². The molecular weight excluding hydrogens is 272 g/mol. The van der Waals surface area contributed by atoms with Gasteiger partial charge in [0.05, 0.1) is 11.9 Å². The fourth-order valence-electron chi connectivity index (χ4n) is 1.11. The lowest BCUT2D eigenvalue weighted by molar-refractivity contribution is -0.136. The van der Waals surface area contributed by atoms with Gasteiger partial charge in [0.15, 0.2) is 0 Å². The SMILES string of the molecule is CCC(C)(OC)C(=O)Nc1ccc(Br)nc1. The second-order valence-electron chi connectivity index (χ2n) is 3.61. The molecule has 0 aliphatic carbocycles. The molecule has 1 aromatic heterocycles. The maximum absolute atomic E-state index is 11.9. The zero-order valence-corrected chi connectivity index (χ0v) is 11.2. The molecule has 0 aliphatic rings. The Morgan fingerprint density at radius 2 is 2.31 bits per heavy atom. The predicted molar refractivity (Wildman–Crippen MR) is 66.3 cm³/mol. The zero-order valence-electron chi connectivity index (χ0n) is 9.58. The van der Waals surface area contributed by atoms with Crippen molar-refractivity contribution in [2.75, 3.05) is 12.4 Å². The summed E-state index contributed by atoms with van der Waals surface area (Å²) in [6, 6.07) is 3.55. The molecule has 4 nitrogen and oxygen atoms in total. The molecule has 1 N–H and O–H groups in total. The Labute approximate surface area is 104 Å². The van der Waals surface area contributed by atoms with E-state index in [-0.39, 0.29) is 5.91 Å². The standard InChI is InChI=1S/C11H15BrN2O2/c1-4-11(2,16-3)10(15)14-8-5-6-9(12)13-7-8/h5-7H,4H2,1-3H3,(H,14,15). The van der Waals surface area contributed by atoms with E-state index in [9.17, 15) is 4.79 Å². The number of halogens is 1. The van der Waals surface area contributed by atoms with Crippen LogP contribution in [-0.2, 0) is 9.53 Å². The summed E-state index contributed by atoms with van der Waals surface area (Å²) in [4.78, 5) is 15.9. The summed E-state index contributed by atoms with van der Waals surface area (Å²) < 4.78 is 5.93. The van der Waals surface area contributed by atoms with Gasteiger partial charge in [-0.25, -0.2) is 4.98 Å². The highest BCUT2D eigenvalue weighted by atomic mass is 79.9. The van der Waals surface area contributed by atoms with Crippen LogP contribution in [-0.4, -0.2) is 23.6 Å². The van der Waals surface area contributed by atoms with Crippen LogP contribution in [0, 0.1) is 0 Å². The molecule has 88 valence electrons. The Bertz CT molecular complexity index is 361. The third-order valence-electron chi connectivity index (χ3n) is 2.59. The molecular formula is C11H15BrN2O2. The lowest BCUT2D eigenvalue weighted by Gasteiger charge is -2.25. The second-order valence-corrected chi connectivity index (χ2v) is 4.42. The van der Waals surface area contributed by atoms with E-state index in [1.807, 2.05) is 6.92 Å². The number of pyridine rings is 1. The van der Waals surface area contributed by atoms with Crippen LogP contribution in [0.3, 0.4) is 0 Å². The number of aromatic nitrogens is 1. The van der Waals surface area contributed by atoms with E-state index in [2.05, 4.69) is 26.2 Å². The van der Waals surface area contributed by atoms with Crippen LogP contribution in [0.25, 0.3) is 0 Å². The largest absolute Gasteiger partial charge is 0.369 e. The van der Waals surface area contributed by atoms with Gasteiger partial charge in [-0.1, -0.05) is 6.92 Å². The molecule has 0 bridgehead atoms. The monoisotopic (exact) mass is 286 g/mol. The van der Waals surface area contributed by atoms with Crippen LogP contribution in [0.4, 0.5) is 5.69 Å². The number of nitrogens with one attached hydrogen (secondary N) is 1. The number of hydrogen-bond donors (Lipinski definition) is 1. The molecule has 0 radical (unpaired) electrons. The molecule has 1 heterocycles. The fraction of sp³-hybridized carbons (Fsp3) is 0.455. The normalized spacial score (nSPS) is 14.2. The first-order valence-electron chi connectivity index (χ1n) is 5.00. The highest BCUT2D eigenvalue weighted by molar-refractivity contribution is 9.10. The Kier molecular flexibility index (Phi) is 4.44. The Hall–Kier alpha value is -0.940. The number of anilines is 1. The summed E-state index contributed by atoms with van der Waals surface area (Å²) in [6.07, 6.45) is 2.20. The average Bonchev–Trinajstić information content (AvgIpc) is 2.31. The number of nitrogens with zero attached hydrogens (tertiary/aromatic N) is 1. The van der Waals surface area contributed by atoms with Crippen LogP contribution < -0.4 is 5.32 Å². The molecule has 1 amide bonds. The van der Waals surface area contributed by atoms with E-state index in [0.29, 0.717) is 12.1 Å². The second kappa shape index (κ2) is 5.41. The van der Waals surface area contributed by atoms with Crippen LogP contribution >= 0.6 is 15.9 Å². The Morgan fingerprint density at radius 3 is 2.75 bits per heavy atom. The van der Waals surface area contributed by atoms with Crippen molar-refractivity contribution in [1.29, 1.82) is 0 Å². The number of carbonyl (C=O) groups excluding carboxylic acids is 1. The molecule has 1 aromatic rings. The topological polar surface area (TPSA) is 51.2 Å². The first kappa shape index (κ1) is 13.1. The molecule has 0 fully saturated rings. The van der Waals surface area contributed by atoms with Gasteiger partial charge in [-0.15, -0.1) is 0 Å². The summed E-state index contributed by atoms with van der Waals surface area (Å²) in [6.45, 7) is 3.66. The van der Waals surface area contributed by atoms with Gasteiger partial charge in [0, 0.05) is 7.11 Å². The maximum atomic E-state index is 11.9. The minimum atomic E-state index is -0.799. The van der Waals surface area contributed by atoms with Crippen LogP contribution in [0.1, 0.15) is 20.3 Å². The van der Waals surface area contributed by atoms with Crippen molar-refractivity contribution in [3.05, 3.63) is 22.9 Å². The molecule has 0 saturated heterocycles. The van der Waals surface area contributed by atoms with Crippen molar-refractivity contribution in [2.24, 2.45) is 0 Å². The molecule has 16 heavy (non-hydrogen) atoms. The van der Waals surface area contributed by atoms with Gasteiger partial charge in [-0.2, -0.15) is 0 Å². The van der Waals surface area contributed by atoms with Crippen molar-refractivity contribution >= 4 is 27.5 Å². The summed E-state index contributed by atoms with van der Waals surface area (Å²) in [5.74, 6) is -0.165. The summed E-state index contributed by atoms with van der Waals surface area (Å²) in [5, 5.41) is 2.76. The third kappa shape index (κ3) is 3.02. The Balaban J connectivity index is 2.74. The average molecular weight is 287 g/mol. The number of ether oxygens (including phenoxy) is 1. The number of amides is 1. The van der Waals surface area contributed by atoms with Crippen molar-refractivity contribution in [1.82, 2.24) is 4.98 Å².